The van der Waals surface area contributed by atoms with Crippen LogP contribution in [0.5, 0.6) is 0 Å². The van der Waals surface area contributed by atoms with Gasteiger partial charge >= 0.3 is 18.3 Å². The van der Waals surface area contributed by atoms with E-state index in [-0.39, 0.29) is 36.6 Å². The Morgan fingerprint density at radius 1 is 1.05 bits per heavy atom. The number of hydrogen-bond acceptors (Lipinski definition) is 6. The maximum atomic E-state index is 13.9. The third kappa shape index (κ3) is 5.85. The number of benzene rings is 2. The number of hydrogen-bond donors (Lipinski definition) is 2. The summed E-state index contributed by atoms with van der Waals surface area (Å²) in [4.78, 5) is 26.3. The van der Waals surface area contributed by atoms with Crippen LogP contribution in [0.15, 0.2) is 48.5 Å². The van der Waals surface area contributed by atoms with E-state index >= 15 is 0 Å². The van der Waals surface area contributed by atoms with Crippen molar-refractivity contribution >= 4 is 17.7 Å². The number of amides is 1. The third-order valence-electron chi connectivity index (χ3n) is 6.15. The Bertz CT molecular complexity index is 1370. The van der Waals surface area contributed by atoms with Gasteiger partial charge in [0.2, 0.25) is 0 Å². The number of ether oxygens (including phenoxy) is 1. The lowest BCUT2D eigenvalue weighted by atomic mass is 10.0. The summed E-state index contributed by atoms with van der Waals surface area (Å²) in [5, 5.41) is 15.8. The van der Waals surface area contributed by atoms with Gasteiger partial charge in [-0.1, -0.05) is 24.3 Å². The van der Waals surface area contributed by atoms with Gasteiger partial charge in [0.1, 0.15) is 11.4 Å². The van der Waals surface area contributed by atoms with Gasteiger partial charge in [0.05, 0.1) is 37.4 Å². The summed E-state index contributed by atoms with van der Waals surface area (Å²) in [6.07, 6.45) is -9.62. The van der Waals surface area contributed by atoms with Crippen molar-refractivity contribution in [3.05, 3.63) is 82.0 Å². The minimum atomic E-state index is -5.01. The van der Waals surface area contributed by atoms with Gasteiger partial charge in [-0.15, -0.1) is 0 Å². The summed E-state index contributed by atoms with van der Waals surface area (Å²) >= 11 is 0. The number of nitrogens with one attached hydrogen (secondary N) is 1. The normalized spacial score (nSPS) is 14.2. The number of halogens is 6. The SMILES string of the molecule is COC(=O)c1ccc([C@H](CO)NC(=O)c2c(C(F)(F)F)nn3c2N(Cc2cccc(C(F)(F)F)c2)CC3)cc1. The van der Waals surface area contributed by atoms with Gasteiger partial charge in [-0.05, 0) is 35.4 Å². The predicted molar refractivity (Wildman–Crippen MR) is 125 cm³/mol. The van der Waals surface area contributed by atoms with E-state index in [1.807, 2.05) is 0 Å². The number of aromatic nitrogens is 2. The molecule has 1 atom stereocenters. The summed E-state index contributed by atoms with van der Waals surface area (Å²) in [7, 11) is 1.19. The summed E-state index contributed by atoms with van der Waals surface area (Å²) in [6.45, 7) is -0.799. The Balaban J connectivity index is 1.66. The zero-order chi connectivity index (χ0) is 28.5. The molecule has 1 aromatic heterocycles. The highest BCUT2D eigenvalue weighted by atomic mass is 19.4. The van der Waals surface area contributed by atoms with Gasteiger partial charge < -0.3 is 20.1 Å². The molecule has 3 aromatic rings. The molecule has 8 nitrogen and oxygen atoms in total. The van der Waals surface area contributed by atoms with Crippen molar-refractivity contribution in [3.63, 3.8) is 0 Å². The van der Waals surface area contributed by atoms with Gasteiger partial charge in [0.15, 0.2) is 5.69 Å². The molecule has 208 valence electrons. The number of aliphatic hydroxyl groups is 1. The molecule has 0 spiro atoms. The minimum Gasteiger partial charge on any atom is -0.465 e. The fourth-order valence-corrected chi connectivity index (χ4v) is 4.31. The average Bonchev–Trinajstić information content (AvgIpc) is 3.47. The summed E-state index contributed by atoms with van der Waals surface area (Å²) in [5.74, 6) is -2.01. The van der Waals surface area contributed by atoms with E-state index in [1.165, 1.54) is 48.4 Å². The van der Waals surface area contributed by atoms with Gasteiger partial charge in [-0.2, -0.15) is 31.4 Å². The van der Waals surface area contributed by atoms with Crippen LogP contribution in [0.3, 0.4) is 0 Å². The second-order valence-electron chi connectivity index (χ2n) is 8.71. The van der Waals surface area contributed by atoms with Crippen LogP contribution < -0.4 is 10.2 Å². The van der Waals surface area contributed by atoms with Crippen LogP contribution in [-0.4, -0.2) is 47.0 Å². The first kappa shape index (κ1) is 28.0. The Labute approximate surface area is 217 Å². The number of aliphatic hydroxyl groups excluding tert-OH is 1. The Morgan fingerprint density at radius 3 is 2.33 bits per heavy atom. The quantitative estimate of drug-likeness (QED) is 0.335. The largest absolute Gasteiger partial charge is 0.465 e. The monoisotopic (exact) mass is 556 g/mol. The highest BCUT2D eigenvalue weighted by Crippen LogP contribution is 2.39. The fourth-order valence-electron chi connectivity index (χ4n) is 4.31. The molecule has 14 heteroatoms. The van der Waals surface area contributed by atoms with Crippen LogP contribution in [0.25, 0.3) is 0 Å². The molecule has 2 heterocycles. The van der Waals surface area contributed by atoms with E-state index in [9.17, 15) is 41.0 Å². The molecule has 0 bridgehead atoms. The van der Waals surface area contributed by atoms with E-state index < -0.39 is 53.7 Å². The van der Waals surface area contributed by atoms with E-state index in [0.717, 1.165) is 16.8 Å². The fraction of sp³-hybridized carbons (Fsp3) is 0.320. The summed E-state index contributed by atoms with van der Waals surface area (Å²) < 4.78 is 86.8. The number of anilines is 1. The van der Waals surface area contributed by atoms with Crippen molar-refractivity contribution < 1.29 is 45.8 Å². The van der Waals surface area contributed by atoms with E-state index in [1.54, 1.807) is 0 Å². The number of fused-ring (bicyclic) bond motifs is 1. The second-order valence-corrected chi connectivity index (χ2v) is 8.71. The molecule has 2 aromatic carbocycles. The Hall–Kier alpha value is -4.07. The van der Waals surface area contributed by atoms with Crippen molar-refractivity contribution in [2.75, 3.05) is 25.2 Å². The number of rotatable bonds is 7. The first-order valence-corrected chi connectivity index (χ1v) is 11.5. The smallest absolute Gasteiger partial charge is 0.436 e. The maximum Gasteiger partial charge on any atom is 0.436 e. The molecule has 1 amide bonds. The second kappa shape index (κ2) is 10.6. The van der Waals surface area contributed by atoms with E-state index in [0.29, 0.717) is 5.56 Å². The molecule has 0 saturated carbocycles. The van der Waals surface area contributed by atoms with Gasteiger partial charge in [-0.3, -0.25) is 4.79 Å². The average molecular weight is 556 g/mol. The van der Waals surface area contributed by atoms with Crippen molar-refractivity contribution in [1.29, 1.82) is 0 Å². The summed E-state index contributed by atoms with van der Waals surface area (Å²) in [6, 6.07) is 8.77. The zero-order valence-electron chi connectivity index (χ0n) is 20.3. The molecule has 1 aliphatic heterocycles. The Kier molecular flexibility index (Phi) is 7.59. The molecule has 0 unspecified atom stereocenters. The van der Waals surface area contributed by atoms with Crippen molar-refractivity contribution in [2.45, 2.75) is 31.5 Å². The van der Waals surface area contributed by atoms with Crippen molar-refractivity contribution in [3.8, 4) is 0 Å². The van der Waals surface area contributed by atoms with Crippen LogP contribution in [-0.2, 0) is 30.2 Å². The molecule has 2 N–H and O–H groups in total. The molecular formula is C25H22F6N4O4. The number of methoxy groups -OCH3 is 1. The molecule has 0 fully saturated rings. The van der Waals surface area contributed by atoms with Crippen LogP contribution >= 0.6 is 0 Å². The van der Waals surface area contributed by atoms with Crippen molar-refractivity contribution in [1.82, 2.24) is 15.1 Å². The van der Waals surface area contributed by atoms with Gasteiger partial charge in [0.25, 0.3) is 5.91 Å². The lowest BCUT2D eigenvalue weighted by molar-refractivity contribution is -0.142. The standard InChI is InChI=1S/C25H22F6N4O4/c1-39-23(38)16-7-5-15(6-8-16)18(13-36)32-21(37)19-20(25(29,30)31)33-35-10-9-34(22(19)35)12-14-3-2-4-17(11-14)24(26,27)28/h2-8,11,18,36H,9-10,12-13H2,1H3,(H,32,37)/t18-/m0/s1. The molecule has 0 radical (unpaired) electrons. The number of carbonyl (C=O) groups excluding carboxylic acids is 2. The molecule has 0 saturated heterocycles. The Morgan fingerprint density at radius 2 is 1.74 bits per heavy atom. The molecular weight excluding hydrogens is 534 g/mol. The maximum absolute atomic E-state index is 13.9. The van der Waals surface area contributed by atoms with E-state index in [4.69, 9.17) is 0 Å². The van der Waals surface area contributed by atoms with Crippen LogP contribution in [0, 0.1) is 0 Å². The highest BCUT2D eigenvalue weighted by Gasteiger charge is 2.44. The van der Waals surface area contributed by atoms with Crippen LogP contribution in [0.4, 0.5) is 32.2 Å². The summed E-state index contributed by atoms with van der Waals surface area (Å²) in [5.41, 5.74) is -2.51. The van der Waals surface area contributed by atoms with Gasteiger partial charge in [0, 0.05) is 13.1 Å². The van der Waals surface area contributed by atoms with Crippen molar-refractivity contribution in [2.24, 2.45) is 0 Å². The van der Waals surface area contributed by atoms with Gasteiger partial charge in [-0.25, -0.2) is 9.48 Å². The lowest BCUT2D eigenvalue weighted by Gasteiger charge is -2.22. The number of esters is 1. The topological polar surface area (TPSA) is 96.7 Å². The number of carbonyl (C=O) groups is 2. The molecule has 39 heavy (non-hydrogen) atoms. The third-order valence-corrected chi connectivity index (χ3v) is 6.15. The first-order valence-electron chi connectivity index (χ1n) is 11.5. The predicted octanol–water partition coefficient (Wildman–Crippen LogP) is 4.19. The lowest BCUT2D eigenvalue weighted by Crippen LogP contribution is -2.33. The molecule has 0 aliphatic carbocycles. The highest BCUT2D eigenvalue weighted by molar-refractivity contribution is 6.01. The van der Waals surface area contributed by atoms with Crippen LogP contribution in [0.2, 0.25) is 0 Å². The minimum absolute atomic E-state index is 0.0247. The first-order chi connectivity index (χ1) is 18.3. The number of nitrogens with zero attached hydrogens (tertiary/aromatic N) is 3. The van der Waals surface area contributed by atoms with E-state index in [2.05, 4.69) is 15.2 Å². The zero-order valence-corrected chi connectivity index (χ0v) is 20.3. The molecule has 1 aliphatic rings. The number of alkyl halides is 6. The molecule has 4 rings (SSSR count). The van der Waals surface area contributed by atoms with Crippen LogP contribution in [0.1, 0.15) is 49.1 Å².